The molecule has 0 radical (unpaired) electrons. The normalized spacial score (nSPS) is 32.6. The molecule has 184 valence electrons. The number of thiazole rings is 1. The Bertz CT molecular complexity index is 1280. The van der Waals surface area contributed by atoms with E-state index in [9.17, 15) is 14.4 Å². The van der Waals surface area contributed by atoms with E-state index >= 15 is 0 Å². The summed E-state index contributed by atoms with van der Waals surface area (Å²) in [6.45, 7) is 0.404. The number of likely N-dealkylation sites (tertiary alicyclic amines) is 1. The highest BCUT2D eigenvalue weighted by molar-refractivity contribution is 9.10. The van der Waals surface area contributed by atoms with Crippen LogP contribution in [-0.2, 0) is 14.4 Å². The van der Waals surface area contributed by atoms with Crippen molar-refractivity contribution >= 4 is 69.0 Å². The first-order valence-corrected chi connectivity index (χ1v) is 15.0. The largest absolute Gasteiger partial charge is 0.481 e. The van der Waals surface area contributed by atoms with Gasteiger partial charge in [0.2, 0.25) is 11.8 Å². The van der Waals surface area contributed by atoms with E-state index in [-0.39, 0.29) is 53.1 Å². The van der Waals surface area contributed by atoms with E-state index in [0.29, 0.717) is 31.7 Å². The third-order valence-corrected chi connectivity index (χ3v) is 11.7. The number of fused-ring (bicyclic) bond motifs is 9. The SMILES string of the molecule is O=C(O)CCCCCN1C(=O)C2C3CC(C2C1=O)C1C(c2cccc(Br)c2)c2sc(=S)[nH]c2SC31. The van der Waals surface area contributed by atoms with Crippen LogP contribution in [0.5, 0.6) is 0 Å². The quantitative estimate of drug-likeness (QED) is 0.244. The molecule has 3 fully saturated rings. The van der Waals surface area contributed by atoms with Gasteiger partial charge in [-0.25, -0.2) is 0 Å². The van der Waals surface area contributed by atoms with Gasteiger partial charge >= 0.3 is 5.97 Å². The molecule has 2 bridgehead atoms. The van der Waals surface area contributed by atoms with Crippen LogP contribution >= 0.6 is 51.2 Å². The number of hydrogen-bond donors (Lipinski definition) is 2. The molecule has 6 rings (SSSR count). The second-order valence-electron chi connectivity index (χ2n) is 10.0. The number of carboxylic acid groups (broad SMARTS) is 1. The second-order valence-corrected chi connectivity index (χ2v) is 13.9. The summed E-state index contributed by atoms with van der Waals surface area (Å²) in [4.78, 5) is 43.9. The average Bonchev–Trinajstić information content (AvgIpc) is 3.53. The minimum absolute atomic E-state index is 0.00493. The van der Waals surface area contributed by atoms with Crippen molar-refractivity contribution in [3.8, 4) is 0 Å². The van der Waals surface area contributed by atoms with Crippen LogP contribution in [0.25, 0.3) is 0 Å². The maximum atomic E-state index is 13.6. The van der Waals surface area contributed by atoms with Crippen molar-refractivity contribution < 1.29 is 19.5 Å². The van der Waals surface area contributed by atoms with Gasteiger partial charge in [-0.15, -0.1) is 23.1 Å². The van der Waals surface area contributed by atoms with Crippen molar-refractivity contribution in [2.75, 3.05) is 6.54 Å². The number of carbonyl (C=O) groups is 3. The summed E-state index contributed by atoms with van der Waals surface area (Å²) in [5.74, 6) is -0.427. The number of carboxylic acids is 1. The molecule has 1 aromatic carbocycles. The van der Waals surface area contributed by atoms with E-state index < -0.39 is 5.97 Å². The number of benzene rings is 1. The lowest BCUT2D eigenvalue weighted by molar-refractivity contribution is -0.141. The smallest absolute Gasteiger partial charge is 0.303 e. The van der Waals surface area contributed by atoms with Crippen molar-refractivity contribution in [3.05, 3.63) is 43.1 Å². The number of amides is 2. The van der Waals surface area contributed by atoms with Crippen LogP contribution in [0.2, 0.25) is 0 Å². The number of nitrogens with zero attached hydrogens (tertiary/aromatic N) is 1. The predicted octanol–water partition coefficient (Wildman–Crippen LogP) is 5.69. The highest BCUT2D eigenvalue weighted by Crippen LogP contribution is 2.68. The number of hydrogen-bond acceptors (Lipinski definition) is 6. The fraction of sp³-hybridized carbons (Fsp3) is 0.520. The number of halogens is 1. The third kappa shape index (κ3) is 3.86. The minimum Gasteiger partial charge on any atom is -0.481 e. The van der Waals surface area contributed by atoms with Gasteiger partial charge in [0.05, 0.1) is 16.9 Å². The number of imide groups is 1. The maximum Gasteiger partial charge on any atom is 0.303 e. The Hall–Kier alpha value is -1.49. The number of rotatable bonds is 7. The van der Waals surface area contributed by atoms with Gasteiger partial charge in [-0.05, 0) is 66.9 Å². The van der Waals surface area contributed by atoms with Crippen molar-refractivity contribution in [1.29, 1.82) is 0 Å². The van der Waals surface area contributed by atoms with Crippen LogP contribution in [0.3, 0.4) is 0 Å². The molecule has 35 heavy (non-hydrogen) atoms. The van der Waals surface area contributed by atoms with E-state index in [1.54, 1.807) is 11.3 Å². The number of carbonyl (C=O) groups excluding carboxylic acids is 2. The Morgan fingerprint density at radius 1 is 1.17 bits per heavy atom. The van der Waals surface area contributed by atoms with E-state index in [4.69, 9.17) is 17.3 Å². The van der Waals surface area contributed by atoms with Crippen LogP contribution in [0.1, 0.15) is 48.5 Å². The van der Waals surface area contributed by atoms with Crippen molar-refractivity contribution in [3.63, 3.8) is 0 Å². The average molecular weight is 594 g/mol. The Labute approximate surface area is 225 Å². The molecular formula is C25H25BrN2O4S3. The number of nitrogens with one attached hydrogen (secondary N) is 1. The van der Waals surface area contributed by atoms with Crippen LogP contribution in [-0.4, -0.2) is 44.6 Å². The van der Waals surface area contributed by atoms with Crippen molar-refractivity contribution in [2.24, 2.45) is 29.6 Å². The molecule has 1 aromatic heterocycles. The summed E-state index contributed by atoms with van der Waals surface area (Å²) in [5.41, 5.74) is 1.23. The minimum atomic E-state index is -0.807. The number of aromatic amines is 1. The molecule has 3 heterocycles. The van der Waals surface area contributed by atoms with Gasteiger partial charge in [0, 0.05) is 33.5 Å². The van der Waals surface area contributed by atoms with Crippen LogP contribution < -0.4 is 0 Å². The molecule has 2 aromatic rings. The zero-order chi connectivity index (χ0) is 24.4. The molecule has 4 aliphatic rings. The molecule has 6 nitrogen and oxygen atoms in total. The lowest BCUT2D eigenvalue weighted by Crippen LogP contribution is -2.42. The molecule has 2 aliphatic heterocycles. The molecule has 0 spiro atoms. The number of unbranched alkanes of at least 4 members (excludes halogenated alkanes) is 2. The monoisotopic (exact) mass is 592 g/mol. The van der Waals surface area contributed by atoms with E-state index in [2.05, 4.69) is 39.1 Å². The lowest BCUT2D eigenvalue weighted by atomic mass is 9.68. The van der Waals surface area contributed by atoms with Gasteiger partial charge in [-0.3, -0.25) is 19.3 Å². The summed E-state index contributed by atoms with van der Waals surface area (Å²) in [6.07, 6.45) is 3.00. The number of aliphatic carboxylic acids is 1. The van der Waals surface area contributed by atoms with Crippen LogP contribution in [0.4, 0.5) is 0 Å². The van der Waals surface area contributed by atoms with E-state index in [1.165, 1.54) is 15.3 Å². The van der Waals surface area contributed by atoms with Crippen molar-refractivity contribution in [1.82, 2.24) is 9.88 Å². The van der Waals surface area contributed by atoms with Gasteiger partial charge < -0.3 is 10.1 Å². The molecule has 2 aliphatic carbocycles. The Morgan fingerprint density at radius 3 is 2.69 bits per heavy atom. The summed E-state index contributed by atoms with van der Waals surface area (Å²) in [7, 11) is 0. The molecule has 2 amide bonds. The van der Waals surface area contributed by atoms with Crippen LogP contribution in [0.15, 0.2) is 33.8 Å². The van der Waals surface area contributed by atoms with Gasteiger partial charge in [0.1, 0.15) is 0 Å². The summed E-state index contributed by atoms with van der Waals surface area (Å²) < 4.78 is 1.81. The Kier molecular flexibility index (Phi) is 6.22. The summed E-state index contributed by atoms with van der Waals surface area (Å²) in [6, 6.07) is 8.44. The summed E-state index contributed by atoms with van der Waals surface area (Å²) >= 11 is 12.6. The highest BCUT2D eigenvalue weighted by Gasteiger charge is 2.69. The molecule has 2 N–H and O–H groups in total. The maximum absolute atomic E-state index is 13.6. The topological polar surface area (TPSA) is 90.5 Å². The van der Waals surface area contributed by atoms with Crippen molar-refractivity contribution in [2.45, 2.75) is 48.3 Å². The first kappa shape index (κ1) is 23.9. The first-order valence-electron chi connectivity index (χ1n) is 12.1. The van der Waals surface area contributed by atoms with Gasteiger partial charge in [-0.2, -0.15) is 0 Å². The lowest BCUT2D eigenvalue weighted by Gasteiger charge is -2.43. The fourth-order valence-corrected chi connectivity index (χ4v) is 10.8. The molecule has 7 unspecified atom stereocenters. The molecule has 7 atom stereocenters. The van der Waals surface area contributed by atoms with Gasteiger partial charge in [0.15, 0.2) is 3.95 Å². The molecule has 2 saturated carbocycles. The Morgan fingerprint density at radius 2 is 1.94 bits per heavy atom. The highest BCUT2D eigenvalue weighted by atomic mass is 79.9. The van der Waals surface area contributed by atoms with Gasteiger partial charge in [0.25, 0.3) is 0 Å². The fourth-order valence-electron chi connectivity index (χ4n) is 7.10. The Balaban J connectivity index is 1.29. The zero-order valence-electron chi connectivity index (χ0n) is 18.8. The predicted molar refractivity (Wildman–Crippen MR) is 140 cm³/mol. The standard InChI is InChI=1S/C25H25BrN2O4S3/c26-12-6-4-5-11(9-12)16-17-13-10-14(20(17)34-22-21(16)35-25(33)27-22)19-18(13)23(31)28(24(19)32)8-3-1-2-7-15(29)30/h4-6,9,13-14,16-20H,1-3,7-8,10H2,(H,27,33)(H,29,30). The molecule has 1 saturated heterocycles. The summed E-state index contributed by atoms with van der Waals surface area (Å²) in [5, 5.41) is 10.2. The molecule has 10 heteroatoms. The number of H-pyrrole nitrogens is 1. The van der Waals surface area contributed by atoms with Crippen LogP contribution in [0, 0.1) is 33.5 Å². The number of aromatic nitrogens is 1. The third-order valence-electron chi connectivity index (χ3n) is 8.30. The molecular weight excluding hydrogens is 568 g/mol. The van der Waals surface area contributed by atoms with E-state index in [1.807, 2.05) is 17.8 Å². The number of thioether (sulfide) groups is 1. The zero-order valence-corrected chi connectivity index (χ0v) is 22.9. The first-order chi connectivity index (χ1) is 16.8. The van der Waals surface area contributed by atoms with E-state index in [0.717, 1.165) is 19.9 Å². The second kappa shape index (κ2) is 9.11. The van der Waals surface area contributed by atoms with Gasteiger partial charge in [-0.1, -0.05) is 34.5 Å².